The van der Waals surface area contributed by atoms with Gasteiger partial charge in [-0.05, 0) is 58.7 Å². The molecule has 25 heavy (non-hydrogen) atoms. The fourth-order valence-corrected chi connectivity index (χ4v) is 2.10. The molecule has 1 aromatic rings. The van der Waals surface area contributed by atoms with Crippen LogP contribution in [-0.2, 0) is 16.0 Å². The van der Waals surface area contributed by atoms with Crippen LogP contribution in [0.1, 0.15) is 40.2 Å². The SMILES string of the molecule is CC(C)Oc1ccc(C[C@H](NC(=O)OC(C)(C)C)[C@H](O)C(=O)O)cc1. The maximum atomic E-state index is 11.9. The molecule has 0 unspecified atom stereocenters. The number of hydrogen-bond acceptors (Lipinski definition) is 5. The summed E-state index contributed by atoms with van der Waals surface area (Å²) in [5, 5.41) is 21.4. The number of carbonyl (C=O) groups excluding carboxylic acids is 1. The number of carboxylic acid groups (broad SMARTS) is 1. The monoisotopic (exact) mass is 353 g/mol. The molecular weight excluding hydrogens is 326 g/mol. The normalized spacial score (nSPS) is 13.9. The predicted molar refractivity (Wildman–Crippen MR) is 92.7 cm³/mol. The van der Waals surface area contributed by atoms with Crippen molar-refractivity contribution in [3.05, 3.63) is 29.8 Å². The number of amides is 1. The highest BCUT2D eigenvalue weighted by molar-refractivity contribution is 5.75. The van der Waals surface area contributed by atoms with Crippen LogP contribution in [-0.4, -0.2) is 46.1 Å². The van der Waals surface area contributed by atoms with Crippen LogP contribution in [0.15, 0.2) is 24.3 Å². The molecule has 0 spiro atoms. The van der Waals surface area contributed by atoms with Gasteiger partial charge in [0, 0.05) is 0 Å². The Morgan fingerprint density at radius 1 is 1.16 bits per heavy atom. The Labute approximate surface area is 147 Å². The van der Waals surface area contributed by atoms with E-state index in [2.05, 4.69) is 5.32 Å². The number of aliphatic carboxylic acids is 1. The number of nitrogens with one attached hydrogen (secondary N) is 1. The molecule has 0 aliphatic carbocycles. The third-order valence-corrected chi connectivity index (χ3v) is 3.09. The van der Waals surface area contributed by atoms with E-state index in [-0.39, 0.29) is 12.5 Å². The topological polar surface area (TPSA) is 105 Å². The highest BCUT2D eigenvalue weighted by atomic mass is 16.6. The fraction of sp³-hybridized carbons (Fsp3) is 0.556. The van der Waals surface area contributed by atoms with E-state index in [1.54, 1.807) is 45.0 Å². The standard InChI is InChI=1S/C18H27NO6/c1-11(2)24-13-8-6-12(7-9-13)10-14(15(20)16(21)22)19-17(23)25-18(3,4)5/h6-9,11,14-15,20H,10H2,1-5H3,(H,19,23)(H,21,22)/t14-,15-/m0/s1. The molecule has 0 aromatic heterocycles. The van der Waals surface area contributed by atoms with Crippen molar-refractivity contribution < 1.29 is 29.3 Å². The Bertz CT molecular complexity index is 576. The lowest BCUT2D eigenvalue weighted by Gasteiger charge is -2.25. The molecule has 0 radical (unpaired) electrons. The van der Waals surface area contributed by atoms with Crippen molar-refractivity contribution in [1.29, 1.82) is 0 Å². The summed E-state index contributed by atoms with van der Waals surface area (Å²) in [6, 6.07) is 6.01. The second kappa shape index (κ2) is 8.71. The molecule has 1 rings (SSSR count). The summed E-state index contributed by atoms with van der Waals surface area (Å²) in [6.45, 7) is 8.92. The van der Waals surface area contributed by atoms with Crippen molar-refractivity contribution >= 4 is 12.1 Å². The quantitative estimate of drug-likeness (QED) is 0.695. The minimum Gasteiger partial charge on any atom is -0.491 e. The third-order valence-electron chi connectivity index (χ3n) is 3.09. The van der Waals surface area contributed by atoms with E-state index in [1.807, 2.05) is 13.8 Å². The Hall–Kier alpha value is -2.28. The van der Waals surface area contributed by atoms with Gasteiger partial charge in [0.15, 0.2) is 6.10 Å². The number of carbonyl (C=O) groups is 2. The Morgan fingerprint density at radius 3 is 2.16 bits per heavy atom. The van der Waals surface area contributed by atoms with Crippen molar-refractivity contribution in [3.8, 4) is 5.75 Å². The molecule has 1 amide bonds. The molecule has 7 nitrogen and oxygen atoms in total. The number of aliphatic hydroxyl groups excluding tert-OH is 1. The average Bonchev–Trinajstić information content (AvgIpc) is 2.45. The average molecular weight is 353 g/mol. The van der Waals surface area contributed by atoms with Gasteiger partial charge in [0.25, 0.3) is 0 Å². The minimum atomic E-state index is -1.75. The zero-order valence-corrected chi connectivity index (χ0v) is 15.3. The Kier molecular flexibility index (Phi) is 7.23. The van der Waals surface area contributed by atoms with Crippen molar-refractivity contribution in [1.82, 2.24) is 5.32 Å². The van der Waals surface area contributed by atoms with Crippen LogP contribution in [0.4, 0.5) is 4.79 Å². The van der Waals surface area contributed by atoms with Crippen LogP contribution in [0, 0.1) is 0 Å². The first kappa shape index (κ1) is 20.8. The number of benzene rings is 1. The molecule has 0 heterocycles. The van der Waals surface area contributed by atoms with E-state index in [0.717, 1.165) is 5.56 Å². The van der Waals surface area contributed by atoms with Gasteiger partial charge in [0.2, 0.25) is 0 Å². The van der Waals surface area contributed by atoms with Crippen molar-refractivity contribution in [3.63, 3.8) is 0 Å². The minimum absolute atomic E-state index is 0.0428. The van der Waals surface area contributed by atoms with Gasteiger partial charge in [0.1, 0.15) is 11.4 Å². The van der Waals surface area contributed by atoms with Gasteiger partial charge < -0.3 is 25.0 Å². The second-order valence-corrected chi connectivity index (χ2v) is 7.05. The number of rotatable bonds is 7. The van der Waals surface area contributed by atoms with Gasteiger partial charge in [-0.15, -0.1) is 0 Å². The zero-order valence-electron chi connectivity index (χ0n) is 15.3. The fourth-order valence-electron chi connectivity index (χ4n) is 2.10. The molecule has 7 heteroatoms. The molecule has 0 aliphatic heterocycles. The van der Waals surface area contributed by atoms with E-state index in [1.165, 1.54) is 0 Å². The first-order chi connectivity index (χ1) is 11.5. The summed E-state index contributed by atoms with van der Waals surface area (Å²) in [5.74, 6) is -0.727. The van der Waals surface area contributed by atoms with Gasteiger partial charge >= 0.3 is 12.1 Å². The number of alkyl carbamates (subject to hydrolysis) is 1. The van der Waals surface area contributed by atoms with Crippen LogP contribution >= 0.6 is 0 Å². The van der Waals surface area contributed by atoms with Crippen LogP contribution < -0.4 is 10.1 Å². The van der Waals surface area contributed by atoms with Crippen molar-refractivity contribution in [2.75, 3.05) is 0 Å². The van der Waals surface area contributed by atoms with Crippen molar-refractivity contribution in [2.45, 2.75) is 64.9 Å². The van der Waals surface area contributed by atoms with Crippen LogP contribution in [0.3, 0.4) is 0 Å². The predicted octanol–water partition coefficient (Wildman–Crippen LogP) is 2.36. The lowest BCUT2D eigenvalue weighted by molar-refractivity contribution is -0.148. The summed E-state index contributed by atoms with van der Waals surface area (Å²) < 4.78 is 10.7. The van der Waals surface area contributed by atoms with E-state index in [0.29, 0.717) is 5.75 Å². The summed E-state index contributed by atoms with van der Waals surface area (Å²) in [5.41, 5.74) is 0.0241. The summed E-state index contributed by atoms with van der Waals surface area (Å²) in [4.78, 5) is 23.0. The van der Waals surface area contributed by atoms with Crippen LogP contribution in [0.5, 0.6) is 5.75 Å². The smallest absolute Gasteiger partial charge is 0.407 e. The summed E-state index contributed by atoms with van der Waals surface area (Å²) in [7, 11) is 0. The highest BCUT2D eigenvalue weighted by Crippen LogP contribution is 2.16. The molecule has 3 N–H and O–H groups in total. The molecule has 0 bridgehead atoms. The molecule has 0 saturated carbocycles. The van der Waals surface area contributed by atoms with E-state index < -0.39 is 29.8 Å². The molecule has 0 aliphatic rings. The van der Waals surface area contributed by atoms with E-state index in [9.17, 15) is 14.7 Å². The Morgan fingerprint density at radius 2 is 1.72 bits per heavy atom. The second-order valence-electron chi connectivity index (χ2n) is 7.05. The van der Waals surface area contributed by atoms with Gasteiger partial charge in [-0.2, -0.15) is 0 Å². The molecular formula is C18H27NO6. The molecule has 0 saturated heterocycles. The van der Waals surface area contributed by atoms with Gasteiger partial charge in [-0.25, -0.2) is 9.59 Å². The highest BCUT2D eigenvalue weighted by Gasteiger charge is 2.29. The summed E-state index contributed by atoms with van der Waals surface area (Å²) >= 11 is 0. The largest absolute Gasteiger partial charge is 0.491 e. The zero-order chi connectivity index (χ0) is 19.2. The van der Waals surface area contributed by atoms with Crippen LogP contribution in [0.25, 0.3) is 0 Å². The maximum absolute atomic E-state index is 11.9. The van der Waals surface area contributed by atoms with Gasteiger partial charge in [-0.3, -0.25) is 0 Å². The number of carboxylic acids is 1. The Balaban J connectivity index is 2.83. The number of ether oxygens (including phenoxy) is 2. The van der Waals surface area contributed by atoms with Gasteiger partial charge in [-0.1, -0.05) is 12.1 Å². The molecule has 1 aromatic carbocycles. The van der Waals surface area contributed by atoms with Gasteiger partial charge in [0.05, 0.1) is 12.1 Å². The third kappa shape index (κ3) is 7.89. The summed E-state index contributed by atoms with van der Waals surface area (Å²) in [6.07, 6.45) is -2.35. The first-order valence-electron chi connectivity index (χ1n) is 8.14. The first-order valence-corrected chi connectivity index (χ1v) is 8.14. The maximum Gasteiger partial charge on any atom is 0.407 e. The lowest BCUT2D eigenvalue weighted by atomic mass is 10.0. The number of hydrogen-bond donors (Lipinski definition) is 3. The lowest BCUT2D eigenvalue weighted by Crippen LogP contribution is -2.49. The number of aliphatic hydroxyl groups is 1. The molecule has 140 valence electrons. The molecule has 2 atom stereocenters. The van der Waals surface area contributed by atoms with E-state index in [4.69, 9.17) is 14.6 Å². The van der Waals surface area contributed by atoms with Crippen molar-refractivity contribution in [2.24, 2.45) is 0 Å². The van der Waals surface area contributed by atoms with Crippen LogP contribution in [0.2, 0.25) is 0 Å². The molecule has 0 fully saturated rings. The van der Waals surface area contributed by atoms with E-state index >= 15 is 0 Å².